The van der Waals surface area contributed by atoms with Crippen LogP contribution >= 0.6 is 0 Å². The van der Waals surface area contributed by atoms with Crippen LogP contribution in [-0.4, -0.2) is 44.5 Å². The summed E-state index contributed by atoms with van der Waals surface area (Å²) < 4.78 is 1.53. The van der Waals surface area contributed by atoms with E-state index in [9.17, 15) is 19.5 Å². The van der Waals surface area contributed by atoms with E-state index in [2.05, 4.69) is 5.32 Å². The molecule has 0 radical (unpaired) electrons. The van der Waals surface area contributed by atoms with Crippen LogP contribution < -0.4 is 10.9 Å². The molecule has 3 aromatic carbocycles. The van der Waals surface area contributed by atoms with Gasteiger partial charge in [-0.15, -0.1) is 0 Å². The number of aromatic nitrogens is 2. The fraction of sp³-hybridized carbons (Fsp3) is 0.290. The zero-order valence-corrected chi connectivity index (χ0v) is 22.2. The van der Waals surface area contributed by atoms with Crippen molar-refractivity contribution < 1.29 is 14.7 Å². The van der Waals surface area contributed by atoms with E-state index in [1.54, 1.807) is 43.4 Å². The van der Waals surface area contributed by atoms with Gasteiger partial charge in [-0.2, -0.15) is 0 Å². The number of likely N-dealkylation sites (tertiary alicyclic amines) is 1. The number of nitrogens with one attached hydrogen (secondary N) is 1. The van der Waals surface area contributed by atoms with Crippen molar-refractivity contribution >= 4 is 28.5 Å². The predicted octanol–water partition coefficient (Wildman–Crippen LogP) is 5.02. The van der Waals surface area contributed by atoms with Crippen molar-refractivity contribution in [2.75, 3.05) is 18.4 Å². The third-order valence-corrected chi connectivity index (χ3v) is 8.04. The average Bonchev–Trinajstić information content (AvgIpc) is 3.71. The van der Waals surface area contributed by atoms with Gasteiger partial charge in [-0.1, -0.05) is 30.3 Å². The highest BCUT2D eigenvalue weighted by Crippen LogP contribution is 2.53. The van der Waals surface area contributed by atoms with Gasteiger partial charge in [-0.3, -0.25) is 14.2 Å². The van der Waals surface area contributed by atoms with Gasteiger partial charge in [0.05, 0.1) is 22.5 Å². The minimum atomic E-state index is -1.02. The van der Waals surface area contributed by atoms with E-state index in [1.165, 1.54) is 17.4 Å². The lowest BCUT2D eigenvalue weighted by Crippen LogP contribution is -2.51. The lowest BCUT2D eigenvalue weighted by molar-refractivity contribution is 0.0443. The Bertz CT molecular complexity index is 1690. The summed E-state index contributed by atoms with van der Waals surface area (Å²) in [7, 11) is 1.70. The van der Waals surface area contributed by atoms with Crippen LogP contribution in [-0.2, 0) is 7.05 Å². The summed E-state index contributed by atoms with van der Waals surface area (Å²) in [5, 5.41) is 13.4. The molecule has 1 atom stereocenters. The molecular weight excluding hydrogens is 492 g/mol. The number of carbonyl (C=O) groups excluding carboxylic acids is 1. The number of fused-ring (bicyclic) bond motifs is 1. The highest BCUT2D eigenvalue weighted by atomic mass is 16.4. The number of rotatable bonds is 6. The van der Waals surface area contributed by atoms with E-state index in [0.717, 1.165) is 29.8 Å². The number of anilines is 1. The highest BCUT2D eigenvalue weighted by molar-refractivity contribution is 5.96. The topological polar surface area (TPSA) is 105 Å². The van der Waals surface area contributed by atoms with Gasteiger partial charge in [0.1, 0.15) is 5.82 Å². The molecule has 1 spiro atoms. The lowest BCUT2D eigenvalue weighted by Gasteiger charge is -2.40. The minimum absolute atomic E-state index is 0.0405. The molecule has 0 bridgehead atoms. The number of aromatic carboxylic acids is 1. The van der Waals surface area contributed by atoms with Gasteiger partial charge in [0.25, 0.3) is 11.5 Å². The van der Waals surface area contributed by atoms with Crippen LogP contribution in [0.25, 0.3) is 22.3 Å². The van der Waals surface area contributed by atoms with Gasteiger partial charge in [-0.25, -0.2) is 9.78 Å². The van der Waals surface area contributed by atoms with Gasteiger partial charge >= 0.3 is 5.97 Å². The summed E-state index contributed by atoms with van der Waals surface area (Å²) in [6.45, 7) is 5.54. The zero-order chi connectivity index (χ0) is 27.5. The molecule has 0 unspecified atom stereocenters. The first-order chi connectivity index (χ1) is 18.7. The molecule has 6 rings (SSSR count). The smallest absolute Gasteiger partial charge is 0.337 e. The molecular formula is C31H30N4O4. The fourth-order valence-electron chi connectivity index (χ4n) is 5.59. The van der Waals surface area contributed by atoms with Crippen molar-refractivity contribution in [2.24, 2.45) is 12.5 Å². The maximum absolute atomic E-state index is 13.5. The first-order valence-corrected chi connectivity index (χ1v) is 13.2. The van der Waals surface area contributed by atoms with Crippen LogP contribution in [0.3, 0.4) is 0 Å². The third-order valence-electron chi connectivity index (χ3n) is 8.04. The second-order valence-electron chi connectivity index (χ2n) is 11.0. The van der Waals surface area contributed by atoms with E-state index in [-0.39, 0.29) is 23.1 Å². The molecule has 2 N–H and O–H groups in total. The predicted molar refractivity (Wildman–Crippen MR) is 150 cm³/mol. The maximum atomic E-state index is 13.5. The number of nitrogens with zero attached hydrogens (tertiary/aromatic N) is 3. The molecule has 1 saturated heterocycles. The zero-order valence-electron chi connectivity index (χ0n) is 22.2. The summed E-state index contributed by atoms with van der Waals surface area (Å²) in [5.41, 5.74) is 4.52. The Morgan fingerprint density at radius 1 is 1.05 bits per heavy atom. The standard InChI is InChI=1S/C31H30N4O4/c1-18-14-23(19(2)32-25-7-5-4-6-22(25)30(38)39)26-24(15-18)29(37)34(3)27(33-26)20-8-10-21(11-9-20)28(36)35-16-31(17-35)12-13-31/h4-11,14-15,19,32H,12-13,16-17H2,1-3H3,(H,38,39)/t19-/m1/s1. The summed E-state index contributed by atoms with van der Waals surface area (Å²) in [4.78, 5) is 44.9. The van der Waals surface area contributed by atoms with Crippen LogP contribution in [0, 0.1) is 12.3 Å². The Morgan fingerprint density at radius 3 is 2.41 bits per heavy atom. The summed E-state index contributed by atoms with van der Waals surface area (Å²) in [6, 6.07) is 17.5. The Morgan fingerprint density at radius 2 is 1.74 bits per heavy atom. The molecule has 1 aliphatic carbocycles. The van der Waals surface area contributed by atoms with Crippen molar-refractivity contribution in [3.05, 3.63) is 93.3 Å². The number of carboxylic acids is 1. The number of aryl methyl sites for hydroxylation is 1. The van der Waals surface area contributed by atoms with Gasteiger partial charge in [0.15, 0.2) is 0 Å². The average molecular weight is 523 g/mol. The van der Waals surface area contributed by atoms with E-state index in [0.29, 0.717) is 33.4 Å². The van der Waals surface area contributed by atoms with E-state index < -0.39 is 5.97 Å². The number of carbonyl (C=O) groups is 2. The number of amides is 1. The molecule has 39 heavy (non-hydrogen) atoms. The molecule has 8 heteroatoms. The Hall–Kier alpha value is -4.46. The number of hydrogen-bond acceptors (Lipinski definition) is 5. The van der Waals surface area contributed by atoms with E-state index in [4.69, 9.17) is 4.98 Å². The van der Waals surface area contributed by atoms with E-state index in [1.807, 2.05) is 43.0 Å². The van der Waals surface area contributed by atoms with Gasteiger partial charge in [0, 0.05) is 47.9 Å². The van der Waals surface area contributed by atoms with Crippen molar-refractivity contribution in [3.8, 4) is 11.4 Å². The van der Waals surface area contributed by atoms with Crippen molar-refractivity contribution in [1.82, 2.24) is 14.5 Å². The van der Waals surface area contributed by atoms with Crippen LogP contribution in [0.15, 0.2) is 65.5 Å². The summed E-state index contributed by atoms with van der Waals surface area (Å²) in [6.07, 6.45) is 2.44. The van der Waals surface area contributed by atoms with Gasteiger partial charge in [-0.05, 0) is 62.6 Å². The monoisotopic (exact) mass is 522 g/mol. The van der Waals surface area contributed by atoms with Crippen molar-refractivity contribution in [3.63, 3.8) is 0 Å². The lowest BCUT2D eigenvalue weighted by atomic mass is 9.95. The molecule has 2 aliphatic rings. The molecule has 1 aromatic heterocycles. The maximum Gasteiger partial charge on any atom is 0.337 e. The Balaban J connectivity index is 1.36. The number of para-hydroxylation sites is 1. The second-order valence-corrected chi connectivity index (χ2v) is 11.0. The first kappa shape index (κ1) is 24.9. The molecule has 8 nitrogen and oxygen atoms in total. The Labute approximate surface area is 225 Å². The minimum Gasteiger partial charge on any atom is -0.478 e. The molecule has 1 saturated carbocycles. The van der Waals surface area contributed by atoms with Crippen LogP contribution in [0.5, 0.6) is 0 Å². The molecule has 1 aliphatic heterocycles. The molecule has 2 fully saturated rings. The van der Waals surface area contributed by atoms with Crippen molar-refractivity contribution in [1.29, 1.82) is 0 Å². The SMILES string of the molecule is Cc1cc([C@@H](C)Nc2ccccc2C(=O)O)c2nc(-c3ccc(C(=O)N4CC5(CC5)C4)cc3)n(C)c(=O)c2c1. The van der Waals surface area contributed by atoms with E-state index >= 15 is 0 Å². The number of hydrogen-bond donors (Lipinski definition) is 2. The fourth-order valence-corrected chi connectivity index (χ4v) is 5.59. The van der Waals surface area contributed by atoms with Crippen LogP contribution in [0.2, 0.25) is 0 Å². The first-order valence-electron chi connectivity index (χ1n) is 13.2. The highest BCUT2D eigenvalue weighted by Gasteiger charge is 2.53. The van der Waals surface area contributed by atoms with Crippen LogP contribution in [0.4, 0.5) is 5.69 Å². The second kappa shape index (κ2) is 9.08. The summed E-state index contributed by atoms with van der Waals surface area (Å²) in [5.74, 6) is -0.480. The molecule has 4 aromatic rings. The van der Waals surface area contributed by atoms with Gasteiger partial charge < -0.3 is 15.3 Å². The number of benzene rings is 3. The summed E-state index contributed by atoms with van der Waals surface area (Å²) >= 11 is 0. The van der Waals surface area contributed by atoms with Crippen LogP contribution in [0.1, 0.15) is 57.7 Å². The van der Waals surface area contributed by atoms with Gasteiger partial charge in [0.2, 0.25) is 0 Å². The quantitative estimate of drug-likeness (QED) is 0.369. The van der Waals surface area contributed by atoms with Crippen molar-refractivity contribution in [2.45, 2.75) is 32.7 Å². The number of carboxylic acid groups (broad SMARTS) is 1. The third kappa shape index (κ3) is 4.35. The molecule has 198 valence electrons. The normalized spacial score (nSPS) is 16.1. The largest absolute Gasteiger partial charge is 0.478 e. The molecule has 1 amide bonds. The Kier molecular flexibility index (Phi) is 5.79. The molecule has 2 heterocycles.